The molecule has 1 fully saturated rings. The molecule has 2 N–H and O–H groups in total. The zero-order valence-corrected chi connectivity index (χ0v) is 9.23. The third-order valence-corrected chi connectivity index (χ3v) is 3.04. The number of rotatable bonds is 3. The number of carbonyl (C=O) groups excluding carboxylic acids is 1. The van der Waals surface area contributed by atoms with Crippen molar-refractivity contribution in [1.29, 1.82) is 0 Å². The van der Waals surface area contributed by atoms with Crippen molar-refractivity contribution in [2.75, 3.05) is 25.1 Å². The Kier molecular flexibility index (Phi) is 3.49. The van der Waals surface area contributed by atoms with Gasteiger partial charge in [-0.2, -0.15) is 0 Å². The summed E-state index contributed by atoms with van der Waals surface area (Å²) in [6.07, 6.45) is 1.06. The zero-order chi connectivity index (χ0) is 10.8. The molecule has 0 saturated carbocycles. The molecule has 1 rings (SSSR count). The van der Waals surface area contributed by atoms with Gasteiger partial charge in [0.25, 0.3) is 0 Å². The lowest BCUT2D eigenvalue weighted by Crippen LogP contribution is -2.42. The number of hydrogen-bond acceptors (Lipinski definition) is 4. The molecule has 2 atom stereocenters. The highest BCUT2D eigenvalue weighted by atomic mass is 32.2. The molecule has 5 nitrogen and oxygen atoms in total. The van der Waals surface area contributed by atoms with Gasteiger partial charge in [0.2, 0.25) is 5.91 Å². The topological polar surface area (TPSA) is 75.3 Å². The summed E-state index contributed by atoms with van der Waals surface area (Å²) in [6, 6.07) is 0.0595. The van der Waals surface area contributed by atoms with E-state index >= 15 is 0 Å². The van der Waals surface area contributed by atoms with E-state index in [-0.39, 0.29) is 6.04 Å². The van der Waals surface area contributed by atoms with Gasteiger partial charge in [-0.3, -0.25) is 4.79 Å². The molecule has 2 unspecified atom stereocenters. The fraction of sp³-hybridized carbons (Fsp3) is 0.875. The first kappa shape index (κ1) is 11.5. The molecule has 1 saturated heterocycles. The summed E-state index contributed by atoms with van der Waals surface area (Å²) in [7, 11) is -3.21. The number of sulfone groups is 1. The zero-order valence-electron chi connectivity index (χ0n) is 8.41. The average Bonchev–Trinajstić information content (AvgIpc) is 2.32. The first-order valence-electron chi connectivity index (χ1n) is 4.56. The van der Waals surface area contributed by atoms with Crippen LogP contribution in [-0.2, 0) is 14.6 Å². The maximum absolute atomic E-state index is 11.2. The van der Waals surface area contributed by atoms with E-state index in [0.29, 0.717) is 5.92 Å². The second-order valence-corrected chi connectivity index (χ2v) is 6.02. The van der Waals surface area contributed by atoms with Gasteiger partial charge < -0.3 is 10.6 Å². The maximum Gasteiger partial charge on any atom is 0.235 e. The van der Waals surface area contributed by atoms with Crippen LogP contribution >= 0.6 is 0 Å². The monoisotopic (exact) mass is 220 g/mol. The molecule has 0 bridgehead atoms. The molecular weight excluding hydrogens is 204 g/mol. The van der Waals surface area contributed by atoms with Crippen LogP contribution in [-0.4, -0.2) is 45.5 Å². The predicted octanol–water partition coefficient (Wildman–Crippen LogP) is -1.24. The van der Waals surface area contributed by atoms with Crippen molar-refractivity contribution >= 4 is 15.7 Å². The van der Waals surface area contributed by atoms with E-state index in [2.05, 4.69) is 10.6 Å². The molecule has 6 heteroatoms. The van der Waals surface area contributed by atoms with Crippen LogP contribution in [0.3, 0.4) is 0 Å². The van der Waals surface area contributed by atoms with Crippen molar-refractivity contribution in [3.05, 3.63) is 0 Å². The van der Waals surface area contributed by atoms with Gasteiger partial charge in [-0.25, -0.2) is 8.42 Å². The largest absolute Gasteiger partial charge is 0.351 e. The van der Waals surface area contributed by atoms with Gasteiger partial charge >= 0.3 is 0 Å². The van der Waals surface area contributed by atoms with E-state index in [1.54, 1.807) is 0 Å². The molecular formula is C8H16N2O3S. The Morgan fingerprint density at radius 3 is 2.57 bits per heavy atom. The van der Waals surface area contributed by atoms with E-state index < -0.39 is 21.5 Å². The van der Waals surface area contributed by atoms with Gasteiger partial charge in [-0.1, -0.05) is 6.92 Å². The summed E-state index contributed by atoms with van der Waals surface area (Å²) in [5.74, 6) is -0.470. The lowest BCUT2D eigenvalue weighted by molar-refractivity contribution is -0.119. The van der Waals surface area contributed by atoms with Gasteiger partial charge in [0.15, 0.2) is 9.84 Å². The molecule has 0 aliphatic carbocycles. The molecule has 1 aliphatic rings. The van der Waals surface area contributed by atoms with Gasteiger partial charge in [0.1, 0.15) is 5.75 Å². The Balaban J connectivity index is 2.41. The van der Waals surface area contributed by atoms with E-state index in [1.165, 1.54) is 0 Å². The summed E-state index contributed by atoms with van der Waals surface area (Å²) in [5, 5.41) is 5.83. The van der Waals surface area contributed by atoms with Crippen molar-refractivity contribution in [3.8, 4) is 0 Å². The van der Waals surface area contributed by atoms with E-state index in [9.17, 15) is 13.2 Å². The van der Waals surface area contributed by atoms with Crippen molar-refractivity contribution in [2.45, 2.75) is 13.0 Å². The highest BCUT2D eigenvalue weighted by Crippen LogP contribution is 2.06. The van der Waals surface area contributed by atoms with Crippen LogP contribution in [0.25, 0.3) is 0 Å². The van der Waals surface area contributed by atoms with Crippen LogP contribution in [0.2, 0.25) is 0 Å². The minimum Gasteiger partial charge on any atom is -0.351 e. The summed E-state index contributed by atoms with van der Waals surface area (Å²) >= 11 is 0. The molecule has 0 radical (unpaired) electrons. The van der Waals surface area contributed by atoms with Crippen LogP contribution in [0.15, 0.2) is 0 Å². The Morgan fingerprint density at radius 2 is 2.14 bits per heavy atom. The van der Waals surface area contributed by atoms with Crippen molar-refractivity contribution in [1.82, 2.24) is 10.6 Å². The Morgan fingerprint density at radius 1 is 1.50 bits per heavy atom. The maximum atomic E-state index is 11.2. The predicted molar refractivity (Wildman–Crippen MR) is 53.7 cm³/mol. The van der Waals surface area contributed by atoms with Gasteiger partial charge in [-0.05, 0) is 12.5 Å². The quantitative estimate of drug-likeness (QED) is 0.623. The summed E-state index contributed by atoms with van der Waals surface area (Å²) in [6.45, 7) is 3.60. The molecule has 0 aromatic heterocycles. The Bertz CT molecular complexity index is 313. The smallest absolute Gasteiger partial charge is 0.235 e. The van der Waals surface area contributed by atoms with Crippen LogP contribution < -0.4 is 10.6 Å². The second kappa shape index (κ2) is 4.27. The van der Waals surface area contributed by atoms with Crippen molar-refractivity contribution in [2.24, 2.45) is 5.92 Å². The number of amides is 1. The summed E-state index contributed by atoms with van der Waals surface area (Å²) in [5.41, 5.74) is 0. The van der Waals surface area contributed by atoms with E-state index in [4.69, 9.17) is 0 Å². The minimum atomic E-state index is -3.21. The van der Waals surface area contributed by atoms with Gasteiger partial charge in [0.05, 0.1) is 0 Å². The highest BCUT2D eigenvalue weighted by molar-refractivity contribution is 7.91. The second-order valence-electron chi connectivity index (χ2n) is 3.88. The van der Waals surface area contributed by atoms with Crippen LogP contribution in [0.4, 0.5) is 0 Å². The van der Waals surface area contributed by atoms with E-state index in [0.717, 1.165) is 19.3 Å². The van der Waals surface area contributed by atoms with Crippen LogP contribution in [0.5, 0.6) is 0 Å². The summed E-state index contributed by atoms with van der Waals surface area (Å²) < 4.78 is 21.6. The van der Waals surface area contributed by atoms with Crippen LogP contribution in [0.1, 0.15) is 6.92 Å². The summed E-state index contributed by atoms with van der Waals surface area (Å²) in [4.78, 5) is 11.2. The van der Waals surface area contributed by atoms with E-state index in [1.807, 2.05) is 6.92 Å². The Hall–Kier alpha value is -0.620. The third-order valence-electron chi connectivity index (χ3n) is 2.26. The minimum absolute atomic E-state index is 0.0595. The highest BCUT2D eigenvalue weighted by Gasteiger charge is 2.25. The normalized spacial score (nSPS) is 27.6. The van der Waals surface area contributed by atoms with Crippen molar-refractivity contribution in [3.63, 3.8) is 0 Å². The molecule has 14 heavy (non-hydrogen) atoms. The standard InChI is InChI=1S/C8H16N2O3S/c1-6-3-9-4-7(6)10-8(11)5-14(2,12)13/h6-7,9H,3-5H2,1-2H3,(H,10,11). The lowest BCUT2D eigenvalue weighted by Gasteiger charge is -2.15. The molecule has 0 aromatic carbocycles. The van der Waals surface area contributed by atoms with Gasteiger partial charge in [0, 0.05) is 18.8 Å². The molecule has 82 valence electrons. The first-order chi connectivity index (χ1) is 6.38. The number of hydrogen-bond donors (Lipinski definition) is 2. The number of carbonyl (C=O) groups is 1. The molecule has 0 aromatic rings. The fourth-order valence-electron chi connectivity index (χ4n) is 1.49. The fourth-order valence-corrected chi connectivity index (χ4v) is 2.05. The third kappa shape index (κ3) is 3.63. The molecule has 1 aliphatic heterocycles. The Labute approximate surface area is 84.2 Å². The molecule has 0 spiro atoms. The molecule has 1 amide bonds. The van der Waals surface area contributed by atoms with Crippen LogP contribution in [0, 0.1) is 5.92 Å². The van der Waals surface area contributed by atoms with Crippen molar-refractivity contribution < 1.29 is 13.2 Å². The first-order valence-corrected chi connectivity index (χ1v) is 6.62. The van der Waals surface area contributed by atoms with Gasteiger partial charge in [-0.15, -0.1) is 0 Å². The SMILES string of the molecule is CC1CNCC1NC(=O)CS(C)(=O)=O. The average molecular weight is 220 g/mol. The molecule has 1 heterocycles. The lowest BCUT2D eigenvalue weighted by atomic mass is 10.1. The number of nitrogens with one attached hydrogen (secondary N) is 2.